The van der Waals surface area contributed by atoms with Gasteiger partial charge in [0.1, 0.15) is 0 Å². The summed E-state index contributed by atoms with van der Waals surface area (Å²) >= 11 is 0. The van der Waals surface area contributed by atoms with Crippen molar-refractivity contribution in [3.63, 3.8) is 0 Å². The molecule has 0 aromatic carbocycles. The number of rotatable bonds is 1. The van der Waals surface area contributed by atoms with Gasteiger partial charge in [0.15, 0.2) is 0 Å². The molecule has 0 unspecified atom stereocenters. The average Bonchev–Trinajstić information content (AvgIpc) is 1.37. The van der Waals surface area contributed by atoms with Crippen LogP contribution in [0.2, 0.25) is 0 Å². The van der Waals surface area contributed by atoms with Crippen LogP contribution in [0, 0.1) is 0 Å². The second-order valence-corrected chi connectivity index (χ2v) is 0.724. The molecule has 0 amide bonds. The van der Waals surface area contributed by atoms with Crippen LogP contribution >= 0.6 is 0 Å². The van der Waals surface area contributed by atoms with Gasteiger partial charge < -0.3 is 13.4 Å². The third-order valence-corrected chi connectivity index (χ3v) is 0.224. The van der Waals surface area contributed by atoms with E-state index in [-0.39, 0.29) is 46.1 Å². The molecule has 6 heavy (non-hydrogen) atoms. The maximum atomic E-state index is 7.88. The van der Waals surface area contributed by atoms with E-state index in [0.29, 0.717) is 6.61 Å². The van der Waals surface area contributed by atoms with Crippen molar-refractivity contribution >= 4 is 37.7 Å². The van der Waals surface area contributed by atoms with Gasteiger partial charge in [-0.3, -0.25) is 0 Å². The summed E-state index contributed by atoms with van der Waals surface area (Å²) < 4.78 is 0. The van der Waals surface area contributed by atoms with E-state index >= 15 is 0 Å². The molecular weight excluding hydrogens is 108 g/mol. The molecule has 0 aromatic rings. The zero-order valence-electron chi connectivity index (χ0n) is 6.07. The largest absolute Gasteiger partial charge is 2.00 e. The Labute approximate surface area is 70.8 Å². The zero-order chi connectivity index (χ0) is 3.41. The molecule has 38 valence electrons. The van der Waals surface area contributed by atoms with E-state index < -0.39 is 0 Å². The summed E-state index contributed by atoms with van der Waals surface area (Å²) in [4.78, 5) is 0. The third kappa shape index (κ3) is 19.0. The van der Waals surface area contributed by atoms with Crippen molar-refractivity contribution in [3.05, 3.63) is 0 Å². The molecule has 0 aliphatic carbocycles. The van der Waals surface area contributed by atoms with E-state index in [2.05, 4.69) is 0 Å². The molecule has 0 aromatic heterocycles. The minimum Gasteiger partial charge on any atom is -1.00 e. The van der Waals surface area contributed by atoms with E-state index in [1.807, 2.05) is 6.92 Å². The molecule has 0 saturated carbocycles. The summed E-state index contributed by atoms with van der Waals surface area (Å²) in [7, 11) is 0. The Bertz CT molecular complexity index is 17.2. The molecule has 0 rings (SSSR count). The van der Waals surface area contributed by atoms with Crippen molar-refractivity contribution < 1.29 is 13.4 Å². The first-order chi connectivity index (χ1) is 1.91. The topological polar surface area (TPSA) is 51.7 Å². The van der Waals surface area contributed by atoms with Crippen LogP contribution in [-0.4, -0.2) is 54.9 Å². The predicted molar refractivity (Wildman–Crippen MR) is 29.0 cm³/mol. The minimum atomic E-state index is 0. The molecule has 3 N–H and O–H groups in total. The van der Waals surface area contributed by atoms with Crippen LogP contribution in [0.1, 0.15) is 16.2 Å². The van der Waals surface area contributed by atoms with Gasteiger partial charge in [0, 0.05) is 6.61 Å². The Balaban J connectivity index is -0.00000000750. The average molecular weight is 120 g/mol. The molecule has 0 saturated heterocycles. The molecule has 0 radical (unpaired) electrons. The Hall–Kier alpha value is 1.18. The Morgan fingerprint density at radius 3 is 1.83 bits per heavy atom. The fourth-order valence-electron chi connectivity index (χ4n) is 0. The van der Waals surface area contributed by atoms with Crippen molar-refractivity contribution in [1.29, 1.82) is 0 Å². The SMILES string of the molecule is CCCO.O.[Ca+2].[H-].[H-]. The van der Waals surface area contributed by atoms with Crippen LogP contribution in [-0.2, 0) is 0 Å². The summed E-state index contributed by atoms with van der Waals surface area (Å²) in [5, 5.41) is 7.88. The summed E-state index contributed by atoms with van der Waals surface area (Å²) in [5.41, 5.74) is 0. The van der Waals surface area contributed by atoms with Crippen LogP contribution in [0.4, 0.5) is 0 Å². The monoisotopic (exact) mass is 120 g/mol. The number of hydrogen-bond acceptors (Lipinski definition) is 1. The van der Waals surface area contributed by atoms with Gasteiger partial charge in [-0.25, -0.2) is 0 Å². The van der Waals surface area contributed by atoms with E-state index in [1.54, 1.807) is 0 Å². The Morgan fingerprint density at radius 1 is 1.67 bits per heavy atom. The summed E-state index contributed by atoms with van der Waals surface area (Å²) in [6, 6.07) is 0. The van der Waals surface area contributed by atoms with Gasteiger partial charge in [-0.15, -0.1) is 0 Å². The molecule has 3 heteroatoms. The van der Waals surface area contributed by atoms with Crippen molar-refractivity contribution in [1.82, 2.24) is 0 Å². The van der Waals surface area contributed by atoms with Crippen molar-refractivity contribution in [2.24, 2.45) is 0 Å². The summed E-state index contributed by atoms with van der Waals surface area (Å²) in [5.74, 6) is 0. The molecule has 0 fully saturated rings. The molecule has 0 heterocycles. The minimum absolute atomic E-state index is 0. The van der Waals surface area contributed by atoms with Crippen LogP contribution in [0.25, 0.3) is 0 Å². The van der Waals surface area contributed by atoms with Crippen molar-refractivity contribution in [3.8, 4) is 0 Å². The van der Waals surface area contributed by atoms with Gasteiger partial charge in [0.25, 0.3) is 0 Å². The van der Waals surface area contributed by atoms with Crippen molar-refractivity contribution in [2.75, 3.05) is 6.61 Å². The fourth-order valence-corrected chi connectivity index (χ4v) is 0. The van der Waals surface area contributed by atoms with Crippen LogP contribution in [0.15, 0.2) is 0 Å². The maximum absolute atomic E-state index is 7.88. The predicted octanol–water partition coefficient (Wildman–Crippen LogP) is -0.592. The van der Waals surface area contributed by atoms with E-state index in [9.17, 15) is 0 Å². The van der Waals surface area contributed by atoms with Crippen molar-refractivity contribution in [2.45, 2.75) is 13.3 Å². The first kappa shape index (κ1) is 15.7. The van der Waals surface area contributed by atoms with E-state index in [4.69, 9.17) is 5.11 Å². The number of aliphatic hydroxyl groups excluding tert-OH is 1. The van der Waals surface area contributed by atoms with Gasteiger partial charge in [-0.1, -0.05) is 6.92 Å². The number of aliphatic hydroxyl groups is 1. The van der Waals surface area contributed by atoms with Gasteiger partial charge >= 0.3 is 37.7 Å². The van der Waals surface area contributed by atoms with Gasteiger partial charge in [0.05, 0.1) is 0 Å². The zero-order valence-corrected chi connectivity index (χ0v) is 6.28. The maximum Gasteiger partial charge on any atom is 2.00 e. The third-order valence-electron chi connectivity index (χ3n) is 0.224. The van der Waals surface area contributed by atoms with E-state index in [0.717, 1.165) is 6.42 Å². The smallest absolute Gasteiger partial charge is 1.00 e. The standard InChI is InChI=1S/C3H8O.Ca.H2O.2H/c1-2-3-4;;;;/h4H,2-3H2,1H3;;1H2;;/q;+2;;2*-1. The Kier molecular flexibility index (Phi) is 42.9. The molecule has 0 spiro atoms. The van der Waals surface area contributed by atoms with Crippen LogP contribution in [0.5, 0.6) is 0 Å². The Morgan fingerprint density at radius 2 is 1.83 bits per heavy atom. The van der Waals surface area contributed by atoms with Crippen LogP contribution < -0.4 is 0 Å². The molecule has 2 nitrogen and oxygen atoms in total. The molecule has 0 atom stereocenters. The summed E-state index contributed by atoms with van der Waals surface area (Å²) in [6.45, 7) is 2.25. The van der Waals surface area contributed by atoms with Gasteiger partial charge in [-0.05, 0) is 6.42 Å². The van der Waals surface area contributed by atoms with Gasteiger partial charge in [-0.2, -0.15) is 0 Å². The molecule has 0 aliphatic rings. The number of hydrogen-bond donors (Lipinski definition) is 1. The van der Waals surface area contributed by atoms with Gasteiger partial charge in [0.2, 0.25) is 0 Å². The molecular formula is C3H12CaO2. The normalized spacial score (nSPS) is 5.00. The van der Waals surface area contributed by atoms with E-state index in [1.165, 1.54) is 0 Å². The molecule has 0 bridgehead atoms. The second kappa shape index (κ2) is 16.4. The first-order valence-corrected chi connectivity index (χ1v) is 1.52. The first-order valence-electron chi connectivity index (χ1n) is 1.52. The summed E-state index contributed by atoms with van der Waals surface area (Å²) in [6.07, 6.45) is 0.875. The fraction of sp³-hybridized carbons (Fsp3) is 1.00. The van der Waals surface area contributed by atoms with Crippen LogP contribution in [0.3, 0.4) is 0 Å². The molecule has 0 aliphatic heterocycles. The quantitative estimate of drug-likeness (QED) is 0.462. The second-order valence-electron chi connectivity index (χ2n) is 0.724.